The maximum absolute atomic E-state index is 12.0. The Bertz CT molecular complexity index is 1010. The fraction of sp³-hybridized carbons (Fsp3) is 0.125. The quantitative estimate of drug-likeness (QED) is 0.745. The molecule has 6 nitrogen and oxygen atoms in total. The zero-order chi connectivity index (χ0) is 17.3. The van der Waals surface area contributed by atoms with Crippen LogP contribution < -0.4 is 10.6 Å². The van der Waals surface area contributed by atoms with E-state index in [0.717, 1.165) is 23.2 Å². The largest absolute Gasteiger partial charge is 0.323 e. The first-order valence-corrected chi connectivity index (χ1v) is 9.77. The van der Waals surface area contributed by atoms with Gasteiger partial charge in [0.25, 0.3) is 0 Å². The Hall–Kier alpha value is -2.45. The molecule has 0 bridgehead atoms. The number of carbonyl (C=O) groups excluding carboxylic acids is 1. The lowest BCUT2D eigenvalue weighted by atomic mass is 10.2. The van der Waals surface area contributed by atoms with Gasteiger partial charge in [0.2, 0.25) is 14.2 Å². The number of anilines is 2. The van der Waals surface area contributed by atoms with Gasteiger partial charge in [-0.1, -0.05) is 17.7 Å². The topological polar surface area (TPSA) is 88.2 Å². The van der Waals surface area contributed by atoms with E-state index >= 15 is 0 Å². The Morgan fingerprint density at radius 3 is 2.33 bits per heavy atom. The first kappa shape index (κ1) is 16.4. The number of sulfone groups is 1. The summed E-state index contributed by atoms with van der Waals surface area (Å²) in [6.45, 7) is 1.97. The van der Waals surface area contributed by atoms with Crippen LogP contribution in [-0.4, -0.2) is 25.7 Å². The van der Waals surface area contributed by atoms with E-state index in [9.17, 15) is 13.2 Å². The number of fused-ring (bicyclic) bond motifs is 1. The Balaban J connectivity index is 1.77. The van der Waals surface area contributed by atoms with E-state index in [2.05, 4.69) is 15.6 Å². The van der Waals surface area contributed by atoms with E-state index in [1.54, 1.807) is 18.2 Å². The van der Waals surface area contributed by atoms with E-state index < -0.39 is 9.84 Å². The van der Waals surface area contributed by atoms with Gasteiger partial charge in [-0.3, -0.25) is 0 Å². The molecule has 3 rings (SSSR count). The smallest absolute Gasteiger partial charge is 0.308 e. The summed E-state index contributed by atoms with van der Waals surface area (Å²) in [6, 6.07) is 12.2. The molecule has 0 aliphatic rings. The fourth-order valence-electron chi connectivity index (χ4n) is 2.07. The molecule has 0 spiro atoms. The Morgan fingerprint density at radius 1 is 1.04 bits per heavy atom. The van der Waals surface area contributed by atoms with Gasteiger partial charge in [-0.2, -0.15) is 0 Å². The summed E-state index contributed by atoms with van der Waals surface area (Å²) in [5.74, 6) is 0. The molecular weight excluding hydrogens is 346 g/mol. The van der Waals surface area contributed by atoms with Crippen LogP contribution in [0.3, 0.4) is 0 Å². The van der Waals surface area contributed by atoms with Crippen molar-refractivity contribution >= 4 is 48.8 Å². The van der Waals surface area contributed by atoms with E-state index in [4.69, 9.17) is 0 Å². The van der Waals surface area contributed by atoms with Crippen molar-refractivity contribution in [1.29, 1.82) is 0 Å². The third-order valence-electron chi connectivity index (χ3n) is 3.25. The molecule has 0 aliphatic heterocycles. The van der Waals surface area contributed by atoms with Gasteiger partial charge in [0.05, 0.1) is 10.2 Å². The number of carbonyl (C=O) groups is 1. The van der Waals surface area contributed by atoms with Gasteiger partial charge in [0.1, 0.15) is 0 Å². The van der Waals surface area contributed by atoms with Crippen molar-refractivity contribution in [3.8, 4) is 0 Å². The molecule has 0 saturated heterocycles. The Kier molecular flexibility index (Phi) is 4.25. The zero-order valence-electron chi connectivity index (χ0n) is 13.0. The summed E-state index contributed by atoms with van der Waals surface area (Å²) in [5, 5.41) is 5.46. The number of hydrogen-bond acceptors (Lipinski definition) is 5. The number of thiazole rings is 1. The highest BCUT2D eigenvalue weighted by Crippen LogP contribution is 2.27. The van der Waals surface area contributed by atoms with Gasteiger partial charge in [0.15, 0.2) is 0 Å². The minimum Gasteiger partial charge on any atom is -0.308 e. The number of rotatable bonds is 3. The van der Waals surface area contributed by atoms with Gasteiger partial charge < -0.3 is 10.6 Å². The van der Waals surface area contributed by atoms with E-state index in [1.807, 2.05) is 31.2 Å². The van der Waals surface area contributed by atoms with Gasteiger partial charge >= 0.3 is 6.03 Å². The predicted molar refractivity (Wildman–Crippen MR) is 96.6 cm³/mol. The lowest BCUT2D eigenvalue weighted by molar-refractivity contribution is 0.262. The molecule has 0 atom stereocenters. The SMILES string of the molecule is Cc1ccc(NC(=O)Nc2ccc3nc(S(C)(=O)=O)sc3c2)cc1. The average molecular weight is 361 g/mol. The van der Waals surface area contributed by atoms with Gasteiger partial charge in [-0.05, 0) is 37.3 Å². The van der Waals surface area contributed by atoms with Crippen molar-refractivity contribution in [3.63, 3.8) is 0 Å². The molecule has 0 aliphatic carbocycles. The molecule has 0 fully saturated rings. The predicted octanol–water partition coefficient (Wildman–Crippen LogP) is 3.65. The van der Waals surface area contributed by atoms with Crippen molar-refractivity contribution < 1.29 is 13.2 Å². The number of nitrogens with one attached hydrogen (secondary N) is 2. The number of amides is 2. The molecule has 24 heavy (non-hydrogen) atoms. The second kappa shape index (κ2) is 6.21. The summed E-state index contributed by atoms with van der Waals surface area (Å²) >= 11 is 1.08. The first-order valence-electron chi connectivity index (χ1n) is 7.06. The highest BCUT2D eigenvalue weighted by Gasteiger charge is 2.14. The summed E-state index contributed by atoms with van der Waals surface area (Å²) in [4.78, 5) is 16.1. The second-order valence-electron chi connectivity index (χ2n) is 5.38. The third kappa shape index (κ3) is 3.72. The lowest BCUT2D eigenvalue weighted by Gasteiger charge is -2.07. The summed E-state index contributed by atoms with van der Waals surface area (Å²) in [6.07, 6.45) is 1.12. The molecule has 124 valence electrons. The van der Waals surface area contributed by atoms with Gasteiger partial charge in [0, 0.05) is 17.6 Å². The average Bonchev–Trinajstić information content (AvgIpc) is 2.93. The number of nitrogens with zero attached hydrogens (tertiary/aromatic N) is 1. The number of hydrogen-bond donors (Lipinski definition) is 2. The monoisotopic (exact) mass is 361 g/mol. The van der Waals surface area contributed by atoms with Crippen LogP contribution in [0.4, 0.5) is 16.2 Å². The zero-order valence-corrected chi connectivity index (χ0v) is 14.7. The van der Waals surface area contributed by atoms with Crippen LogP contribution in [0.1, 0.15) is 5.56 Å². The molecule has 8 heteroatoms. The molecule has 1 heterocycles. The highest BCUT2D eigenvalue weighted by molar-refractivity contribution is 7.92. The summed E-state index contributed by atoms with van der Waals surface area (Å²) in [7, 11) is -3.34. The van der Waals surface area contributed by atoms with Crippen LogP contribution in [0.15, 0.2) is 46.8 Å². The summed E-state index contributed by atoms with van der Waals surface area (Å²) < 4.78 is 23.9. The van der Waals surface area contributed by atoms with Crippen molar-refractivity contribution in [2.75, 3.05) is 16.9 Å². The molecule has 0 saturated carbocycles. The standard InChI is InChI=1S/C16H15N3O3S2/c1-10-3-5-11(6-4-10)17-15(20)18-12-7-8-13-14(9-12)23-16(19-13)24(2,21)22/h3-9H,1-2H3,(H2,17,18,20). The molecule has 1 aromatic heterocycles. The number of aromatic nitrogens is 1. The fourth-order valence-corrected chi connectivity index (χ4v) is 3.95. The van der Waals surface area contributed by atoms with Gasteiger partial charge in [-0.25, -0.2) is 18.2 Å². The molecule has 0 unspecified atom stereocenters. The van der Waals surface area contributed by atoms with Crippen LogP contribution in [-0.2, 0) is 9.84 Å². The maximum Gasteiger partial charge on any atom is 0.323 e. The summed E-state index contributed by atoms with van der Waals surface area (Å²) in [5.41, 5.74) is 2.95. The van der Waals surface area contributed by atoms with E-state index in [0.29, 0.717) is 21.6 Å². The minimum atomic E-state index is -3.34. The molecule has 2 N–H and O–H groups in total. The van der Waals surface area contributed by atoms with E-state index in [1.165, 1.54) is 0 Å². The van der Waals surface area contributed by atoms with Crippen LogP contribution in [0.2, 0.25) is 0 Å². The van der Waals surface area contributed by atoms with E-state index in [-0.39, 0.29) is 10.4 Å². The number of urea groups is 1. The Morgan fingerprint density at radius 2 is 1.67 bits per heavy atom. The van der Waals surface area contributed by atoms with Crippen LogP contribution in [0, 0.1) is 6.92 Å². The molecule has 3 aromatic rings. The Labute approximate surface area is 143 Å². The maximum atomic E-state index is 12.0. The number of aryl methyl sites for hydroxylation is 1. The molecular formula is C16H15N3O3S2. The molecule has 2 amide bonds. The molecule has 2 aromatic carbocycles. The van der Waals surface area contributed by atoms with Crippen molar-refractivity contribution in [2.45, 2.75) is 11.3 Å². The highest BCUT2D eigenvalue weighted by atomic mass is 32.2. The van der Waals surface area contributed by atoms with Crippen molar-refractivity contribution in [3.05, 3.63) is 48.0 Å². The van der Waals surface area contributed by atoms with Crippen LogP contribution in [0.5, 0.6) is 0 Å². The van der Waals surface area contributed by atoms with Crippen LogP contribution in [0.25, 0.3) is 10.2 Å². The van der Waals surface area contributed by atoms with Crippen molar-refractivity contribution in [2.24, 2.45) is 0 Å². The number of benzene rings is 2. The first-order chi connectivity index (χ1) is 11.3. The van der Waals surface area contributed by atoms with Crippen molar-refractivity contribution in [1.82, 2.24) is 4.98 Å². The van der Waals surface area contributed by atoms with Gasteiger partial charge in [-0.15, -0.1) is 11.3 Å². The minimum absolute atomic E-state index is 0.0683. The van der Waals surface area contributed by atoms with Crippen LogP contribution >= 0.6 is 11.3 Å². The second-order valence-corrected chi connectivity index (χ2v) is 8.60. The molecule has 0 radical (unpaired) electrons. The lowest BCUT2D eigenvalue weighted by Crippen LogP contribution is -2.19. The normalized spacial score (nSPS) is 11.4. The third-order valence-corrected chi connectivity index (χ3v) is 5.95.